The van der Waals surface area contributed by atoms with E-state index in [0.717, 1.165) is 50.1 Å². The summed E-state index contributed by atoms with van der Waals surface area (Å²) in [4.78, 5) is 17.4. The predicted octanol–water partition coefficient (Wildman–Crippen LogP) is 2.67. The number of aromatic nitrogens is 1. The highest BCUT2D eigenvalue weighted by Crippen LogP contribution is 2.31. The Kier molecular flexibility index (Phi) is 5.44. The Labute approximate surface area is 135 Å². The maximum absolute atomic E-state index is 12.5. The van der Waals surface area contributed by atoms with Gasteiger partial charge in [-0.2, -0.15) is 0 Å². The van der Waals surface area contributed by atoms with Crippen LogP contribution in [0, 0.1) is 5.92 Å². The maximum Gasteiger partial charge on any atom is 0.263 e. The van der Waals surface area contributed by atoms with Crippen molar-refractivity contribution < 1.29 is 14.6 Å². The maximum atomic E-state index is 12.5. The van der Waals surface area contributed by atoms with E-state index in [-0.39, 0.29) is 30.6 Å². The molecule has 2 aliphatic rings. The van der Waals surface area contributed by atoms with Crippen LogP contribution in [0.1, 0.15) is 65.7 Å². The van der Waals surface area contributed by atoms with Gasteiger partial charge in [0.25, 0.3) is 5.91 Å². The highest BCUT2D eigenvalue weighted by molar-refractivity contribution is 7.13. The molecular formula is C16H24N2O3S. The first-order valence-electron chi connectivity index (χ1n) is 8.27. The average Bonchev–Trinajstić information content (AvgIpc) is 3.16. The van der Waals surface area contributed by atoms with Crippen molar-refractivity contribution in [3.05, 3.63) is 16.1 Å². The minimum absolute atomic E-state index is 0.0629. The molecule has 0 bridgehead atoms. The number of ether oxygens (including phenoxy) is 1. The third kappa shape index (κ3) is 3.67. The lowest BCUT2D eigenvalue weighted by atomic mass is 9.95. The van der Waals surface area contributed by atoms with Crippen molar-refractivity contribution in [1.82, 2.24) is 10.3 Å². The Hall–Kier alpha value is -0.980. The molecule has 3 atom stereocenters. The highest BCUT2D eigenvalue weighted by atomic mass is 32.1. The molecule has 5 nitrogen and oxygen atoms in total. The Morgan fingerprint density at radius 2 is 2.18 bits per heavy atom. The van der Waals surface area contributed by atoms with Crippen LogP contribution >= 0.6 is 11.3 Å². The van der Waals surface area contributed by atoms with E-state index in [1.54, 1.807) is 6.20 Å². The summed E-state index contributed by atoms with van der Waals surface area (Å²) in [5, 5.41) is 13.6. The molecule has 2 heterocycles. The number of aliphatic hydroxyl groups is 1. The van der Waals surface area contributed by atoms with Crippen LogP contribution in [-0.2, 0) is 4.74 Å². The quantitative estimate of drug-likeness (QED) is 0.835. The standard InChI is InChI=1S/C16H24N2O3S/c19-10-11-5-2-1-3-6-12(11)18-15(20)14-9-17-16(22-14)13-7-4-8-21-13/h9,11-13,19H,1-8,10H2,(H,18,20). The summed E-state index contributed by atoms with van der Waals surface area (Å²) in [6.45, 7) is 0.931. The van der Waals surface area contributed by atoms with Gasteiger partial charge in [0.05, 0.1) is 6.20 Å². The fourth-order valence-corrected chi connectivity index (χ4v) is 4.25. The molecule has 0 radical (unpaired) electrons. The van der Waals surface area contributed by atoms with E-state index in [0.29, 0.717) is 4.88 Å². The van der Waals surface area contributed by atoms with Crippen LogP contribution < -0.4 is 5.32 Å². The van der Waals surface area contributed by atoms with E-state index in [2.05, 4.69) is 10.3 Å². The van der Waals surface area contributed by atoms with E-state index in [4.69, 9.17) is 4.74 Å². The summed E-state index contributed by atoms with van der Waals surface area (Å²) in [6.07, 6.45) is 9.16. The number of hydrogen-bond donors (Lipinski definition) is 2. The number of thiazole rings is 1. The van der Waals surface area contributed by atoms with Crippen molar-refractivity contribution in [3.63, 3.8) is 0 Å². The van der Waals surface area contributed by atoms with Gasteiger partial charge < -0.3 is 15.2 Å². The zero-order chi connectivity index (χ0) is 15.4. The summed E-state index contributed by atoms with van der Waals surface area (Å²) in [5.74, 6) is 0.115. The summed E-state index contributed by atoms with van der Waals surface area (Å²) in [6, 6.07) is 0.0771. The molecule has 3 rings (SSSR count). The van der Waals surface area contributed by atoms with Gasteiger partial charge in [0, 0.05) is 25.2 Å². The van der Waals surface area contributed by atoms with E-state index in [9.17, 15) is 9.90 Å². The number of nitrogens with one attached hydrogen (secondary N) is 1. The SMILES string of the molecule is O=C(NC1CCCCCC1CO)c1cnc(C2CCCO2)s1. The Morgan fingerprint density at radius 3 is 2.95 bits per heavy atom. The molecule has 1 amide bonds. The van der Waals surface area contributed by atoms with Crippen molar-refractivity contribution in [1.29, 1.82) is 0 Å². The van der Waals surface area contributed by atoms with Gasteiger partial charge in [-0.15, -0.1) is 11.3 Å². The lowest BCUT2D eigenvalue weighted by Crippen LogP contribution is -2.40. The lowest BCUT2D eigenvalue weighted by molar-refractivity contribution is 0.0903. The molecule has 2 fully saturated rings. The van der Waals surface area contributed by atoms with E-state index < -0.39 is 0 Å². The first-order valence-corrected chi connectivity index (χ1v) is 9.08. The molecule has 1 saturated carbocycles. The topological polar surface area (TPSA) is 71.5 Å². The smallest absolute Gasteiger partial charge is 0.263 e. The van der Waals surface area contributed by atoms with Crippen molar-refractivity contribution in [2.75, 3.05) is 13.2 Å². The van der Waals surface area contributed by atoms with E-state index >= 15 is 0 Å². The second-order valence-electron chi connectivity index (χ2n) is 6.23. The van der Waals surface area contributed by atoms with Crippen LogP contribution in [0.2, 0.25) is 0 Å². The van der Waals surface area contributed by atoms with Crippen LogP contribution in [0.25, 0.3) is 0 Å². The minimum atomic E-state index is -0.0629. The molecule has 22 heavy (non-hydrogen) atoms. The third-order valence-corrected chi connectivity index (χ3v) is 5.75. The Morgan fingerprint density at radius 1 is 1.32 bits per heavy atom. The zero-order valence-electron chi connectivity index (χ0n) is 12.8. The lowest BCUT2D eigenvalue weighted by Gasteiger charge is -2.24. The molecule has 1 aliphatic heterocycles. The van der Waals surface area contributed by atoms with Crippen LogP contribution in [0.15, 0.2) is 6.20 Å². The molecule has 0 aromatic carbocycles. The summed E-state index contributed by atoms with van der Waals surface area (Å²) in [7, 11) is 0. The fraction of sp³-hybridized carbons (Fsp3) is 0.750. The largest absolute Gasteiger partial charge is 0.396 e. The third-order valence-electron chi connectivity index (χ3n) is 4.66. The average molecular weight is 324 g/mol. The van der Waals surface area contributed by atoms with E-state index in [1.165, 1.54) is 17.8 Å². The first-order chi connectivity index (χ1) is 10.8. The molecule has 2 N–H and O–H groups in total. The van der Waals surface area contributed by atoms with Gasteiger partial charge in [-0.3, -0.25) is 4.79 Å². The molecule has 3 unspecified atom stereocenters. The second kappa shape index (κ2) is 7.53. The summed E-state index contributed by atoms with van der Waals surface area (Å²) < 4.78 is 5.62. The predicted molar refractivity (Wildman–Crippen MR) is 85.0 cm³/mol. The van der Waals surface area contributed by atoms with Crippen LogP contribution in [0.4, 0.5) is 0 Å². The van der Waals surface area contributed by atoms with Gasteiger partial charge in [0.15, 0.2) is 0 Å². The van der Waals surface area contributed by atoms with Gasteiger partial charge in [-0.05, 0) is 25.7 Å². The van der Waals surface area contributed by atoms with Crippen molar-refractivity contribution in [2.24, 2.45) is 5.92 Å². The summed E-state index contributed by atoms with van der Waals surface area (Å²) >= 11 is 1.43. The summed E-state index contributed by atoms with van der Waals surface area (Å²) in [5.41, 5.74) is 0. The molecule has 1 aliphatic carbocycles. The van der Waals surface area contributed by atoms with Crippen molar-refractivity contribution >= 4 is 17.2 Å². The number of nitrogens with zero attached hydrogens (tertiary/aromatic N) is 1. The van der Waals surface area contributed by atoms with Crippen LogP contribution in [0.5, 0.6) is 0 Å². The molecule has 1 aromatic rings. The second-order valence-corrected chi connectivity index (χ2v) is 7.29. The number of carbonyl (C=O) groups is 1. The number of hydrogen-bond acceptors (Lipinski definition) is 5. The fourth-order valence-electron chi connectivity index (χ4n) is 3.35. The molecular weight excluding hydrogens is 300 g/mol. The van der Waals surface area contributed by atoms with Gasteiger partial charge in [0.1, 0.15) is 16.0 Å². The zero-order valence-corrected chi connectivity index (χ0v) is 13.6. The number of rotatable bonds is 4. The van der Waals surface area contributed by atoms with Gasteiger partial charge in [-0.1, -0.05) is 19.3 Å². The Bertz CT molecular complexity index is 499. The monoisotopic (exact) mass is 324 g/mol. The van der Waals surface area contributed by atoms with Crippen LogP contribution in [-0.4, -0.2) is 35.3 Å². The van der Waals surface area contributed by atoms with Gasteiger partial charge in [-0.25, -0.2) is 4.98 Å². The number of amides is 1. The van der Waals surface area contributed by atoms with E-state index in [1.807, 2.05) is 0 Å². The van der Waals surface area contributed by atoms with Crippen LogP contribution in [0.3, 0.4) is 0 Å². The number of aliphatic hydroxyl groups excluding tert-OH is 1. The first kappa shape index (κ1) is 15.9. The molecule has 122 valence electrons. The number of carbonyl (C=O) groups excluding carboxylic acids is 1. The van der Waals surface area contributed by atoms with Gasteiger partial charge in [0.2, 0.25) is 0 Å². The molecule has 6 heteroatoms. The van der Waals surface area contributed by atoms with Crippen molar-refractivity contribution in [3.8, 4) is 0 Å². The van der Waals surface area contributed by atoms with Gasteiger partial charge >= 0.3 is 0 Å². The molecule has 1 saturated heterocycles. The highest BCUT2D eigenvalue weighted by Gasteiger charge is 2.27. The normalized spacial score (nSPS) is 29.2. The molecule has 1 aromatic heterocycles. The van der Waals surface area contributed by atoms with Crippen molar-refractivity contribution in [2.45, 2.75) is 57.1 Å². The minimum Gasteiger partial charge on any atom is -0.396 e. The Balaban J connectivity index is 1.63. The molecule has 0 spiro atoms.